The average molecular weight is 942 g/mol. The van der Waals surface area contributed by atoms with Crippen LogP contribution in [0, 0.1) is 11.8 Å². The van der Waals surface area contributed by atoms with Gasteiger partial charge in [-0.1, -0.05) is 80.6 Å². The van der Waals surface area contributed by atoms with E-state index < -0.39 is 48.4 Å². The van der Waals surface area contributed by atoms with Crippen molar-refractivity contribution in [1.29, 1.82) is 0 Å². The maximum atomic E-state index is 14.6. The van der Waals surface area contributed by atoms with E-state index in [1.54, 1.807) is 49.9 Å². The predicted octanol–water partition coefficient (Wildman–Crippen LogP) is 9.93. The van der Waals surface area contributed by atoms with E-state index in [4.69, 9.17) is 24.2 Å². The van der Waals surface area contributed by atoms with Gasteiger partial charge in [0.25, 0.3) is 0 Å². The Morgan fingerprint density at radius 2 is 1.55 bits per heavy atom. The first-order valence-electron chi connectivity index (χ1n) is 23.5. The second-order valence-corrected chi connectivity index (χ2v) is 19.5. The number of carbonyl (C=O) groups excluding carboxylic acids is 4. The smallest absolute Gasteiger partial charge is 0.408 e. The summed E-state index contributed by atoms with van der Waals surface area (Å²) in [6, 6.07) is 27.0. The Labute approximate surface area is 398 Å². The molecule has 5 atom stereocenters. The number of aliphatic imine (C=N–C) groups is 1. The number of alkyl carbamates (subject to hydrolysis) is 2. The molecule has 4 amide bonds. The van der Waals surface area contributed by atoms with Gasteiger partial charge >= 0.3 is 18.8 Å². The van der Waals surface area contributed by atoms with Crippen LogP contribution in [0.3, 0.4) is 0 Å². The third kappa shape index (κ3) is 9.85. The van der Waals surface area contributed by atoms with E-state index in [0.29, 0.717) is 30.8 Å². The molecule has 0 aliphatic carbocycles. The molecule has 69 heavy (non-hydrogen) atoms. The molecule has 3 N–H and O–H groups in total. The Bertz CT molecular complexity index is 2970. The SMILES string of the molecule is COC(=O)N[C@H](C(=O)N1CCC[C@H]1c1nc2c(ccc3cc(-c4ccc5c6c(ccc5c4)N=C([C@@H]4C[C@H](COC(F)F)CN4C(=O)[C@H](NC(=O)OC(C)(C)C)c4ccccc4)C6)ccc32)[nH]1)C(C)C. The second kappa shape index (κ2) is 19.2. The highest BCUT2D eigenvalue weighted by Gasteiger charge is 2.43. The number of rotatable bonds is 12. The fourth-order valence-corrected chi connectivity index (χ4v) is 10.1. The van der Waals surface area contributed by atoms with Gasteiger partial charge in [-0.05, 0) is 109 Å². The molecule has 4 heterocycles. The van der Waals surface area contributed by atoms with Crippen LogP contribution in [-0.4, -0.2) is 101 Å². The second-order valence-electron chi connectivity index (χ2n) is 19.5. The zero-order chi connectivity index (χ0) is 48.7. The molecule has 0 unspecified atom stereocenters. The van der Waals surface area contributed by atoms with Gasteiger partial charge in [-0.15, -0.1) is 0 Å². The van der Waals surface area contributed by atoms with Crippen LogP contribution < -0.4 is 10.6 Å². The van der Waals surface area contributed by atoms with E-state index in [0.717, 1.165) is 73.5 Å². The lowest BCUT2D eigenvalue weighted by atomic mass is 9.94. The van der Waals surface area contributed by atoms with E-state index in [9.17, 15) is 28.0 Å². The van der Waals surface area contributed by atoms with Gasteiger partial charge in [0.15, 0.2) is 0 Å². The van der Waals surface area contributed by atoms with Gasteiger partial charge in [-0.2, -0.15) is 8.78 Å². The van der Waals surface area contributed by atoms with Crippen molar-refractivity contribution in [1.82, 2.24) is 30.4 Å². The van der Waals surface area contributed by atoms with Gasteiger partial charge in [0.05, 0.1) is 42.5 Å². The Kier molecular flexibility index (Phi) is 13.1. The predicted molar refractivity (Wildman–Crippen MR) is 259 cm³/mol. The first-order valence-corrected chi connectivity index (χ1v) is 23.5. The Hall–Kier alpha value is -6.94. The topological polar surface area (TPSA) is 168 Å². The lowest BCUT2D eigenvalue weighted by molar-refractivity contribution is -0.139. The van der Waals surface area contributed by atoms with Gasteiger partial charge in [0.2, 0.25) is 11.8 Å². The van der Waals surface area contributed by atoms with Crippen molar-refractivity contribution in [3.8, 4) is 11.1 Å². The average Bonchev–Trinajstić information content (AvgIpc) is 4.16. The lowest BCUT2D eigenvalue weighted by Crippen LogP contribution is -2.51. The molecule has 14 nitrogen and oxygen atoms in total. The van der Waals surface area contributed by atoms with Gasteiger partial charge in [-0.3, -0.25) is 14.6 Å². The van der Waals surface area contributed by atoms with Gasteiger partial charge in [0, 0.05) is 36.5 Å². The number of nitrogens with one attached hydrogen (secondary N) is 3. The van der Waals surface area contributed by atoms with Crippen molar-refractivity contribution in [3.63, 3.8) is 0 Å². The molecule has 16 heteroatoms. The number of aromatic amines is 1. The number of alkyl halides is 2. The standard InChI is InChI=1S/C53H57F2N7O7/c1-29(2)44(59-51(65)67-6)48(63)61-22-10-13-42(61)47-57-40-21-17-35-25-33(15-19-37(35)46(40)58-47)32-14-18-36-34(24-32)16-20-39-38(36)26-41(56-39)43-23-30(28-68-50(54)55)27-62(43)49(64)45(31-11-8-7-9-12-31)60-52(66)69-53(3,4)5/h7-9,11-12,14-21,24-25,29-30,42-45,50H,10,13,22-23,26-28H2,1-6H3,(H,57,58)(H,59,65)(H,60,66)/t30-,42-,43-,44-,45+/m0/s1. The number of halogens is 2. The number of benzene rings is 5. The van der Waals surface area contributed by atoms with Crippen LogP contribution >= 0.6 is 0 Å². The molecule has 3 aliphatic rings. The number of methoxy groups -OCH3 is 1. The quantitative estimate of drug-likeness (QED) is 0.109. The van der Waals surface area contributed by atoms with Crippen molar-refractivity contribution >= 4 is 68.0 Å². The van der Waals surface area contributed by atoms with Gasteiger partial charge < -0.3 is 39.6 Å². The molecule has 0 spiro atoms. The summed E-state index contributed by atoms with van der Waals surface area (Å²) in [5, 5.41) is 9.50. The van der Waals surface area contributed by atoms with Crippen molar-refractivity contribution in [3.05, 3.63) is 108 Å². The summed E-state index contributed by atoms with van der Waals surface area (Å²) < 4.78 is 41.7. The highest BCUT2D eigenvalue weighted by molar-refractivity contribution is 6.08. The molecular formula is C53H57F2N7O7. The highest BCUT2D eigenvalue weighted by atomic mass is 19.3. The van der Waals surface area contributed by atoms with E-state index in [1.807, 2.05) is 43.0 Å². The first-order chi connectivity index (χ1) is 33.0. The number of carbonyl (C=O) groups is 4. The Balaban J connectivity index is 0.956. The molecule has 360 valence electrons. The fourth-order valence-electron chi connectivity index (χ4n) is 10.1. The summed E-state index contributed by atoms with van der Waals surface area (Å²) in [7, 11) is 1.28. The first kappa shape index (κ1) is 47.1. The number of hydrogen-bond acceptors (Lipinski definition) is 9. The van der Waals surface area contributed by atoms with Crippen LogP contribution in [0.2, 0.25) is 0 Å². The van der Waals surface area contributed by atoms with E-state index in [1.165, 1.54) is 7.11 Å². The van der Waals surface area contributed by atoms with E-state index >= 15 is 0 Å². The molecule has 0 radical (unpaired) electrons. The zero-order valence-corrected chi connectivity index (χ0v) is 39.6. The molecule has 5 aromatic carbocycles. The minimum absolute atomic E-state index is 0.138. The lowest BCUT2D eigenvalue weighted by Gasteiger charge is -2.30. The van der Waals surface area contributed by atoms with E-state index in [2.05, 4.69) is 58.1 Å². The highest BCUT2D eigenvalue weighted by Crippen LogP contribution is 2.40. The number of aromatic nitrogens is 2. The van der Waals surface area contributed by atoms with Crippen LogP contribution in [0.5, 0.6) is 0 Å². The fraction of sp³-hybridized carbons (Fsp3) is 0.396. The number of nitrogens with zero attached hydrogens (tertiary/aromatic N) is 4. The summed E-state index contributed by atoms with van der Waals surface area (Å²) >= 11 is 0. The Morgan fingerprint density at radius 1 is 0.841 bits per heavy atom. The number of imidazole rings is 1. The van der Waals surface area contributed by atoms with Crippen LogP contribution in [-0.2, 0) is 30.2 Å². The molecule has 0 bridgehead atoms. The summed E-state index contributed by atoms with van der Waals surface area (Å²) in [6.45, 7) is 6.53. The molecular weight excluding hydrogens is 885 g/mol. The third-order valence-corrected chi connectivity index (χ3v) is 13.3. The summed E-state index contributed by atoms with van der Waals surface area (Å²) in [6.07, 6.45) is 0.984. The third-order valence-electron chi connectivity index (χ3n) is 13.3. The summed E-state index contributed by atoms with van der Waals surface area (Å²) in [5.41, 5.74) is 6.01. The summed E-state index contributed by atoms with van der Waals surface area (Å²) in [4.78, 5) is 70.7. The van der Waals surface area contributed by atoms with Crippen LogP contribution in [0.25, 0.3) is 43.7 Å². The Morgan fingerprint density at radius 3 is 2.25 bits per heavy atom. The number of ether oxygens (including phenoxy) is 3. The molecule has 2 saturated heterocycles. The number of likely N-dealkylation sites (tertiary alicyclic amines) is 2. The van der Waals surface area contributed by atoms with Gasteiger partial charge in [0.1, 0.15) is 23.5 Å². The molecule has 2 fully saturated rings. The van der Waals surface area contributed by atoms with Gasteiger partial charge in [-0.25, -0.2) is 14.6 Å². The normalized spacial score (nSPS) is 19.0. The van der Waals surface area contributed by atoms with Crippen LogP contribution in [0.15, 0.2) is 96.0 Å². The molecule has 0 saturated carbocycles. The minimum atomic E-state index is -2.95. The monoisotopic (exact) mass is 941 g/mol. The number of fused-ring (bicyclic) bond motifs is 6. The van der Waals surface area contributed by atoms with Crippen molar-refractivity contribution < 1.29 is 42.2 Å². The summed E-state index contributed by atoms with van der Waals surface area (Å²) in [5.74, 6) is -0.376. The van der Waals surface area contributed by atoms with Crippen LogP contribution in [0.4, 0.5) is 24.1 Å². The zero-order valence-electron chi connectivity index (χ0n) is 39.6. The van der Waals surface area contributed by atoms with Crippen LogP contribution in [0.1, 0.15) is 82.9 Å². The van der Waals surface area contributed by atoms with Crippen molar-refractivity contribution in [2.45, 2.75) is 96.7 Å². The number of H-pyrrole nitrogens is 1. The van der Waals surface area contributed by atoms with Crippen molar-refractivity contribution in [2.75, 3.05) is 26.8 Å². The minimum Gasteiger partial charge on any atom is -0.453 e. The largest absolute Gasteiger partial charge is 0.453 e. The van der Waals surface area contributed by atoms with Crippen molar-refractivity contribution in [2.24, 2.45) is 16.8 Å². The molecule has 6 aromatic rings. The molecule has 9 rings (SSSR count). The maximum absolute atomic E-state index is 14.6. The van der Waals surface area contributed by atoms with E-state index in [-0.39, 0.29) is 36.9 Å². The number of hydrogen-bond donors (Lipinski definition) is 3. The maximum Gasteiger partial charge on any atom is 0.408 e. The molecule has 3 aliphatic heterocycles. The molecule has 1 aromatic heterocycles. The number of amides is 4.